The Morgan fingerprint density at radius 1 is 0.893 bits per heavy atom. The molecule has 0 bridgehead atoms. The van der Waals surface area contributed by atoms with Crippen LogP contribution < -0.4 is 16.0 Å². The molecule has 2 amide bonds. The first-order chi connectivity index (χ1) is 13.5. The standard InChI is InChI=1S/C23H31N3O2/c1-17-10-8-11-18(2)22(17)26-20-13-9-12-19(16-20)23(28)25-15-7-5-4-6-14-21(27)24-3/h8-13,16,26H,4-7,14-15H2,1-3H3,(H,24,27)(H,25,28). The van der Waals surface area contributed by atoms with Gasteiger partial charge in [-0.15, -0.1) is 0 Å². The zero-order valence-electron chi connectivity index (χ0n) is 17.1. The van der Waals surface area contributed by atoms with Crippen LogP contribution in [0, 0.1) is 13.8 Å². The number of carbonyl (C=O) groups is 2. The van der Waals surface area contributed by atoms with Crippen LogP contribution in [-0.2, 0) is 4.79 Å². The largest absolute Gasteiger partial charge is 0.359 e. The van der Waals surface area contributed by atoms with Crippen LogP contribution in [0.2, 0.25) is 0 Å². The third-order valence-corrected chi connectivity index (χ3v) is 4.77. The predicted octanol–water partition coefficient (Wildman–Crippen LogP) is 4.47. The fraction of sp³-hybridized carbons (Fsp3) is 0.391. The van der Waals surface area contributed by atoms with E-state index in [9.17, 15) is 9.59 Å². The van der Waals surface area contributed by atoms with E-state index in [1.807, 2.05) is 30.3 Å². The summed E-state index contributed by atoms with van der Waals surface area (Å²) in [5.74, 6) is 0.0261. The van der Waals surface area contributed by atoms with Gasteiger partial charge in [0.15, 0.2) is 0 Å². The number of hydrogen-bond acceptors (Lipinski definition) is 3. The number of aryl methyl sites for hydroxylation is 2. The zero-order chi connectivity index (χ0) is 20.4. The number of para-hydroxylation sites is 1. The maximum atomic E-state index is 12.4. The van der Waals surface area contributed by atoms with E-state index in [0.717, 1.165) is 37.1 Å². The summed E-state index contributed by atoms with van der Waals surface area (Å²) in [6.45, 7) is 4.79. The smallest absolute Gasteiger partial charge is 0.251 e. The van der Waals surface area contributed by atoms with Crippen molar-refractivity contribution in [2.45, 2.75) is 46.0 Å². The number of carbonyl (C=O) groups excluding carboxylic acids is 2. The molecular formula is C23H31N3O2. The minimum atomic E-state index is -0.0597. The lowest BCUT2D eigenvalue weighted by Crippen LogP contribution is -2.24. The molecule has 2 aromatic rings. The summed E-state index contributed by atoms with van der Waals surface area (Å²) >= 11 is 0. The molecule has 28 heavy (non-hydrogen) atoms. The SMILES string of the molecule is CNC(=O)CCCCCCNC(=O)c1cccc(Nc2c(C)cccc2C)c1. The molecule has 0 aliphatic carbocycles. The van der Waals surface area contributed by atoms with Crippen molar-refractivity contribution in [3.63, 3.8) is 0 Å². The summed E-state index contributed by atoms with van der Waals surface area (Å²) in [4.78, 5) is 23.6. The topological polar surface area (TPSA) is 70.2 Å². The highest BCUT2D eigenvalue weighted by Crippen LogP contribution is 2.24. The van der Waals surface area contributed by atoms with Crippen molar-refractivity contribution in [2.75, 3.05) is 18.9 Å². The van der Waals surface area contributed by atoms with Crippen molar-refractivity contribution in [3.8, 4) is 0 Å². The molecular weight excluding hydrogens is 350 g/mol. The van der Waals surface area contributed by atoms with Crippen molar-refractivity contribution in [1.82, 2.24) is 10.6 Å². The van der Waals surface area contributed by atoms with Gasteiger partial charge in [0.1, 0.15) is 0 Å². The van der Waals surface area contributed by atoms with Gasteiger partial charge in [-0.1, -0.05) is 37.1 Å². The highest BCUT2D eigenvalue weighted by molar-refractivity contribution is 5.95. The minimum absolute atomic E-state index is 0.0597. The van der Waals surface area contributed by atoms with E-state index in [-0.39, 0.29) is 11.8 Å². The van der Waals surface area contributed by atoms with Crippen LogP contribution in [-0.4, -0.2) is 25.4 Å². The van der Waals surface area contributed by atoms with E-state index >= 15 is 0 Å². The van der Waals surface area contributed by atoms with Crippen LogP contribution in [0.5, 0.6) is 0 Å². The van der Waals surface area contributed by atoms with E-state index in [1.165, 1.54) is 11.1 Å². The molecule has 2 aromatic carbocycles. The Labute approximate surface area is 167 Å². The normalized spacial score (nSPS) is 10.4. The maximum absolute atomic E-state index is 12.4. The molecule has 0 aliphatic rings. The van der Waals surface area contributed by atoms with Gasteiger partial charge in [0.2, 0.25) is 5.91 Å². The molecule has 5 heteroatoms. The highest BCUT2D eigenvalue weighted by atomic mass is 16.2. The molecule has 3 N–H and O–H groups in total. The molecule has 0 atom stereocenters. The maximum Gasteiger partial charge on any atom is 0.251 e. The van der Waals surface area contributed by atoms with Crippen LogP contribution in [0.4, 0.5) is 11.4 Å². The lowest BCUT2D eigenvalue weighted by molar-refractivity contribution is -0.120. The number of hydrogen-bond donors (Lipinski definition) is 3. The van der Waals surface area contributed by atoms with E-state index in [4.69, 9.17) is 0 Å². The molecule has 0 saturated carbocycles. The zero-order valence-corrected chi connectivity index (χ0v) is 17.1. The fourth-order valence-electron chi connectivity index (χ4n) is 3.09. The Kier molecular flexibility index (Phi) is 8.53. The first-order valence-electron chi connectivity index (χ1n) is 9.93. The molecule has 0 spiro atoms. The molecule has 2 rings (SSSR count). The second kappa shape index (κ2) is 11.1. The van der Waals surface area contributed by atoms with Gasteiger partial charge in [0, 0.05) is 37.0 Å². The number of nitrogens with one attached hydrogen (secondary N) is 3. The number of anilines is 2. The Morgan fingerprint density at radius 3 is 2.29 bits per heavy atom. The molecule has 0 saturated heterocycles. The van der Waals surface area contributed by atoms with Crippen molar-refractivity contribution < 1.29 is 9.59 Å². The van der Waals surface area contributed by atoms with Gasteiger partial charge in [-0.3, -0.25) is 9.59 Å². The Hall–Kier alpha value is -2.82. The quantitative estimate of drug-likeness (QED) is 0.532. The van der Waals surface area contributed by atoms with E-state index in [2.05, 4.69) is 41.9 Å². The van der Waals surface area contributed by atoms with Crippen LogP contribution in [0.15, 0.2) is 42.5 Å². The molecule has 5 nitrogen and oxygen atoms in total. The van der Waals surface area contributed by atoms with E-state index < -0.39 is 0 Å². The van der Waals surface area contributed by atoms with Crippen LogP contribution in [0.1, 0.15) is 53.6 Å². The van der Waals surface area contributed by atoms with Crippen molar-refractivity contribution in [3.05, 3.63) is 59.2 Å². The van der Waals surface area contributed by atoms with E-state index in [1.54, 1.807) is 7.05 Å². The van der Waals surface area contributed by atoms with E-state index in [0.29, 0.717) is 18.5 Å². The lowest BCUT2D eigenvalue weighted by atomic mass is 10.1. The average molecular weight is 382 g/mol. The Morgan fingerprint density at radius 2 is 1.57 bits per heavy atom. The van der Waals surface area contributed by atoms with Crippen LogP contribution in [0.25, 0.3) is 0 Å². The second-order valence-corrected chi connectivity index (χ2v) is 7.07. The minimum Gasteiger partial charge on any atom is -0.359 e. The molecule has 0 heterocycles. The van der Waals surface area contributed by atoms with Gasteiger partial charge in [0.05, 0.1) is 0 Å². The third-order valence-electron chi connectivity index (χ3n) is 4.77. The molecule has 0 fully saturated rings. The summed E-state index contributed by atoms with van der Waals surface area (Å²) in [6, 6.07) is 13.7. The van der Waals surface area contributed by atoms with Gasteiger partial charge >= 0.3 is 0 Å². The van der Waals surface area contributed by atoms with Gasteiger partial charge in [-0.2, -0.15) is 0 Å². The van der Waals surface area contributed by atoms with Gasteiger partial charge in [-0.25, -0.2) is 0 Å². The first kappa shape index (κ1) is 21.5. The predicted molar refractivity (Wildman–Crippen MR) is 115 cm³/mol. The number of rotatable bonds is 10. The monoisotopic (exact) mass is 381 g/mol. The molecule has 0 unspecified atom stereocenters. The van der Waals surface area contributed by atoms with Crippen LogP contribution in [0.3, 0.4) is 0 Å². The van der Waals surface area contributed by atoms with Gasteiger partial charge in [-0.05, 0) is 56.0 Å². The fourth-order valence-corrected chi connectivity index (χ4v) is 3.09. The van der Waals surface area contributed by atoms with Crippen molar-refractivity contribution >= 4 is 23.2 Å². The van der Waals surface area contributed by atoms with Crippen LogP contribution >= 0.6 is 0 Å². The van der Waals surface area contributed by atoms with Crippen molar-refractivity contribution in [1.29, 1.82) is 0 Å². The Bertz CT molecular complexity index is 782. The summed E-state index contributed by atoms with van der Waals surface area (Å²) in [5, 5.41) is 9.03. The molecule has 0 aliphatic heterocycles. The van der Waals surface area contributed by atoms with Crippen molar-refractivity contribution in [2.24, 2.45) is 0 Å². The summed E-state index contributed by atoms with van der Waals surface area (Å²) < 4.78 is 0. The number of benzene rings is 2. The summed E-state index contributed by atoms with van der Waals surface area (Å²) in [6.07, 6.45) is 4.38. The lowest BCUT2D eigenvalue weighted by Gasteiger charge is -2.13. The Balaban J connectivity index is 1.80. The third kappa shape index (κ3) is 6.72. The average Bonchev–Trinajstić information content (AvgIpc) is 2.70. The number of amides is 2. The molecule has 0 aromatic heterocycles. The summed E-state index contributed by atoms with van der Waals surface area (Å²) in [7, 11) is 1.66. The highest BCUT2D eigenvalue weighted by Gasteiger charge is 2.07. The first-order valence-corrected chi connectivity index (χ1v) is 9.93. The van der Waals surface area contributed by atoms with Gasteiger partial charge < -0.3 is 16.0 Å². The van der Waals surface area contributed by atoms with Gasteiger partial charge in [0.25, 0.3) is 5.91 Å². The molecule has 150 valence electrons. The number of unbranched alkanes of at least 4 members (excludes halogenated alkanes) is 3. The molecule has 0 radical (unpaired) electrons. The summed E-state index contributed by atoms with van der Waals surface area (Å²) in [5.41, 5.74) is 4.98. The second-order valence-electron chi connectivity index (χ2n) is 7.07.